The smallest absolute Gasteiger partial charge is 0.307 e. The number of aryl methyl sites for hydroxylation is 1. The Labute approximate surface area is 203 Å². The zero-order chi connectivity index (χ0) is 24.9. The second-order valence-electron chi connectivity index (χ2n) is 8.28. The molecule has 0 atom stereocenters. The number of methoxy groups -OCH3 is 1. The number of carboxylic acid groups (broad SMARTS) is 1. The zero-order valence-corrected chi connectivity index (χ0v) is 19.8. The fourth-order valence-corrected chi connectivity index (χ4v) is 4.17. The van der Waals surface area contributed by atoms with Crippen molar-refractivity contribution in [2.75, 3.05) is 7.11 Å². The van der Waals surface area contributed by atoms with Gasteiger partial charge in [0.15, 0.2) is 0 Å². The maximum atomic E-state index is 15.0. The van der Waals surface area contributed by atoms with E-state index in [-0.39, 0.29) is 25.4 Å². The van der Waals surface area contributed by atoms with Crippen molar-refractivity contribution < 1.29 is 28.2 Å². The molecule has 0 radical (unpaired) electrons. The second kappa shape index (κ2) is 10.6. The van der Waals surface area contributed by atoms with Gasteiger partial charge in [0, 0.05) is 46.7 Å². The molecule has 7 heteroatoms. The summed E-state index contributed by atoms with van der Waals surface area (Å²) in [7, 11) is 1.54. The first kappa shape index (κ1) is 24.3. The summed E-state index contributed by atoms with van der Waals surface area (Å²) in [5.41, 5.74) is 9.40. The summed E-state index contributed by atoms with van der Waals surface area (Å²) in [6, 6.07) is 15.8. The molecule has 0 saturated carbocycles. The molecule has 0 aliphatic carbocycles. The Hall–Kier alpha value is -3.84. The van der Waals surface area contributed by atoms with E-state index in [1.165, 1.54) is 0 Å². The second-order valence-corrected chi connectivity index (χ2v) is 8.28. The highest BCUT2D eigenvalue weighted by atomic mass is 19.1. The molecule has 1 heterocycles. The molecule has 4 aromatic rings. The van der Waals surface area contributed by atoms with Crippen molar-refractivity contribution >= 4 is 16.9 Å². The number of furan rings is 1. The average molecular weight is 478 g/mol. The number of carbonyl (C=O) groups is 1. The van der Waals surface area contributed by atoms with Crippen molar-refractivity contribution in [3.63, 3.8) is 0 Å². The molecule has 182 valence electrons. The fraction of sp³-hybridized carbons (Fsp3) is 0.250. The Morgan fingerprint density at radius 1 is 1.11 bits per heavy atom. The van der Waals surface area contributed by atoms with Crippen LogP contribution in [0.1, 0.15) is 35.8 Å². The van der Waals surface area contributed by atoms with Crippen molar-refractivity contribution in [2.24, 2.45) is 5.73 Å². The van der Waals surface area contributed by atoms with Crippen LogP contribution >= 0.6 is 0 Å². The van der Waals surface area contributed by atoms with Crippen molar-refractivity contribution in [2.45, 2.75) is 39.3 Å². The first-order chi connectivity index (χ1) is 16.9. The number of aliphatic carboxylic acids is 1. The number of ether oxygens (including phenoxy) is 2. The van der Waals surface area contributed by atoms with Gasteiger partial charge in [-0.1, -0.05) is 37.3 Å². The van der Waals surface area contributed by atoms with Crippen LogP contribution in [-0.2, 0) is 30.8 Å². The van der Waals surface area contributed by atoms with E-state index in [1.807, 2.05) is 18.2 Å². The largest absolute Gasteiger partial charge is 0.497 e. The van der Waals surface area contributed by atoms with Crippen LogP contribution in [0.4, 0.5) is 4.39 Å². The lowest BCUT2D eigenvalue weighted by atomic mass is 9.99. The molecule has 1 aromatic heterocycles. The van der Waals surface area contributed by atoms with Gasteiger partial charge in [-0.2, -0.15) is 0 Å². The molecule has 0 spiro atoms. The number of carboxylic acids is 1. The van der Waals surface area contributed by atoms with Gasteiger partial charge in [-0.25, -0.2) is 4.39 Å². The highest BCUT2D eigenvalue weighted by Gasteiger charge is 2.18. The van der Waals surface area contributed by atoms with Crippen LogP contribution < -0.4 is 15.2 Å². The van der Waals surface area contributed by atoms with Gasteiger partial charge in [0.05, 0.1) is 13.5 Å². The van der Waals surface area contributed by atoms with Gasteiger partial charge >= 0.3 is 5.97 Å². The lowest BCUT2D eigenvalue weighted by molar-refractivity contribution is -0.136. The summed E-state index contributed by atoms with van der Waals surface area (Å²) in [6.45, 7) is 2.34. The molecule has 0 aliphatic heterocycles. The average Bonchev–Trinajstić information content (AvgIpc) is 3.19. The summed E-state index contributed by atoms with van der Waals surface area (Å²) in [5, 5.41) is 10.1. The van der Waals surface area contributed by atoms with Crippen LogP contribution in [0.15, 0.2) is 59.0 Å². The van der Waals surface area contributed by atoms with Crippen molar-refractivity contribution in [1.29, 1.82) is 0 Å². The zero-order valence-electron chi connectivity index (χ0n) is 19.8. The standard InChI is InChI=1S/C28H28FNO5/c1-3-5-24-23(16-34-26-14-20(33-2)10-8-18(26)13-27(31)32)22-12-17(9-11-25(22)35-24)21-7-4-6-19(15-30)28(21)29/h4,6-12,14H,3,5,13,15-16,30H2,1-2H3,(H,31,32). The summed E-state index contributed by atoms with van der Waals surface area (Å²) in [4.78, 5) is 11.3. The molecule has 3 N–H and O–H groups in total. The molecule has 0 amide bonds. The Kier molecular flexibility index (Phi) is 7.36. The highest BCUT2D eigenvalue weighted by Crippen LogP contribution is 2.34. The van der Waals surface area contributed by atoms with E-state index in [1.54, 1.807) is 43.5 Å². The van der Waals surface area contributed by atoms with Crippen LogP contribution in [0, 0.1) is 5.82 Å². The maximum Gasteiger partial charge on any atom is 0.307 e. The van der Waals surface area contributed by atoms with Crippen LogP contribution in [0.2, 0.25) is 0 Å². The van der Waals surface area contributed by atoms with E-state index in [0.29, 0.717) is 45.8 Å². The number of fused-ring (bicyclic) bond motifs is 1. The third kappa shape index (κ3) is 5.15. The molecule has 3 aromatic carbocycles. The van der Waals surface area contributed by atoms with Crippen molar-refractivity contribution in [3.05, 3.63) is 82.9 Å². The Balaban J connectivity index is 1.75. The first-order valence-corrected chi connectivity index (χ1v) is 11.5. The normalized spacial score (nSPS) is 11.1. The number of rotatable bonds is 10. The first-order valence-electron chi connectivity index (χ1n) is 11.5. The SMILES string of the molecule is CCCc1oc2ccc(-c3cccc(CN)c3F)cc2c1COc1cc(OC)ccc1CC(=O)O. The number of hydrogen-bond donors (Lipinski definition) is 2. The lowest BCUT2D eigenvalue weighted by Gasteiger charge is -2.13. The van der Waals surface area contributed by atoms with E-state index >= 15 is 0 Å². The van der Waals surface area contributed by atoms with E-state index < -0.39 is 5.97 Å². The molecule has 6 nitrogen and oxygen atoms in total. The molecule has 35 heavy (non-hydrogen) atoms. The quantitative estimate of drug-likeness (QED) is 0.297. The van der Waals surface area contributed by atoms with Gasteiger partial charge in [0.1, 0.15) is 35.3 Å². The van der Waals surface area contributed by atoms with E-state index in [0.717, 1.165) is 23.1 Å². The van der Waals surface area contributed by atoms with E-state index in [4.69, 9.17) is 19.6 Å². The number of hydrogen-bond acceptors (Lipinski definition) is 5. The van der Waals surface area contributed by atoms with Gasteiger partial charge in [-0.05, 0) is 30.2 Å². The number of halogens is 1. The minimum absolute atomic E-state index is 0.118. The maximum absolute atomic E-state index is 15.0. The monoisotopic (exact) mass is 477 g/mol. The van der Waals surface area contributed by atoms with Crippen molar-refractivity contribution in [3.8, 4) is 22.6 Å². The third-order valence-electron chi connectivity index (χ3n) is 5.95. The van der Waals surface area contributed by atoms with Gasteiger partial charge in [-0.15, -0.1) is 0 Å². The summed E-state index contributed by atoms with van der Waals surface area (Å²) in [5.74, 6) is 0.503. The lowest BCUT2D eigenvalue weighted by Crippen LogP contribution is -2.05. The molecule has 4 rings (SSSR count). The number of nitrogens with two attached hydrogens (primary N) is 1. The molecule has 0 aliphatic rings. The van der Waals surface area contributed by atoms with Gasteiger partial charge in [0.25, 0.3) is 0 Å². The van der Waals surface area contributed by atoms with Crippen molar-refractivity contribution in [1.82, 2.24) is 0 Å². The van der Waals surface area contributed by atoms with Crippen LogP contribution in [0.25, 0.3) is 22.1 Å². The van der Waals surface area contributed by atoms with Crippen LogP contribution in [-0.4, -0.2) is 18.2 Å². The van der Waals surface area contributed by atoms with E-state index in [9.17, 15) is 14.3 Å². The summed E-state index contributed by atoms with van der Waals surface area (Å²) < 4.78 is 32.5. The third-order valence-corrected chi connectivity index (χ3v) is 5.95. The van der Waals surface area contributed by atoms with Crippen LogP contribution in [0.5, 0.6) is 11.5 Å². The molecular formula is C28H28FNO5. The minimum Gasteiger partial charge on any atom is -0.497 e. The Morgan fingerprint density at radius 2 is 1.94 bits per heavy atom. The highest BCUT2D eigenvalue weighted by molar-refractivity contribution is 5.87. The van der Waals surface area contributed by atoms with E-state index in [2.05, 4.69) is 6.92 Å². The Morgan fingerprint density at radius 3 is 2.66 bits per heavy atom. The van der Waals surface area contributed by atoms with Crippen LogP contribution in [0.3, 0.4) is 0 Å². The number of benzene rings is 3. The molecule has 0 saturated heterocycles. The fourth-order valence-electron chi connectivity index (χ4n) is 4.17. The molecular weight excluding hydrogens is 449 g/mol. The van der Waals surface area contributed by atoms with Gasteiger partial charge in [-0.3, -0.25) is 4.79 Å². The Bertz CT molecular complexity index is 1360. The summed E-state index contributed by atoms with van der Waals surface area (Å²) in [6.07, 6.45) is 1.41. The van der Waals surface area contributed by atoms with Gasteiger partial charge < -0.3 is 24.7 Å². The minimum atomic E-state index is -0.952. The molecule has 0 unspecified atom stereocenters. The van der Waals surface area contributed by atoms with Gasteiger partial charge in [0.2, 0.25) is 0 Å². The molecule has 0 bridgehead atoms. The molecule has 0 fully saturated rings. The summed E-state index contributed by atoms with van der Waals surface area (Å²) >= 11 is 0. The predicted molar refractivity (Wildman–Crippen MR) is 132 cm³/mol. The topological polar surface area (TPSA) is 94.9 Å². The predicted octanol–water partition coefficient (Wildman–Crippen LogP) is 5.86.